The number of fused-ring (bicyclic) bond motifs is 1. The quantitative estimate of drug-likeness (QED) is 0.682. The van der Waals surface area contributed by atoms with Gasteiger partial charge in [0.05, 0.1) is 6.61 Å². The van der Waals surface area contributed by atoms with Crippen LogP contribution >= 0.6 is 0 Å². The Labute approximate surface area is 135 Å². The largest absolute Gasteiger partial charge is 0.464 e. The van der Waals surface area contributed by atoms with Crippen molar-refractivity contribution < 1.29 is 9.53 Å². The number of aromatic nitrogens is 1. The molecule has 23 heavy (non-hydrogen) atoms. The molecule has 0 spiro atoms. The van der Waals surface area contributed by atoms with Crippen molar-refractivity contribution in [2.75, 3.05) is 11.9 Å². The SMILES string of the molecule is CCOC(=O)[C@H](Cc1c[nH]c2ccccc12)Nc1ccccc1. The molecular formula is C19H20N2O2. The molecule has 0 amide bonds. The highest BCUT2D eigenvalue weighted by atomic mass is 16.5. The van der Waals surface area contributed by atoms with E-state index in [2.05, 4.69) is 16.4 Å². The molecule has 2 aromatic carbocycles. The Kier molecular flexibility index (Phi) is 4.62. The molecule has 0 aliphatic heterocycles. The molecule has 4 heteroatoms. The summed E-state index contributed by atoms with van der Waals surface area (Å²) in [5.74, 6) is -0.235. The summed E-state index contributed by atoms with van der Waals surface area (Å²) in [6.07, 6.45) is 2.53. The van der Waals surface area contributed by atoms with Crippen LogP contribution in [0.2, 0.25) is 0 Å². The third-order valence-corrected chi connectivity index (χ3v) is 3.78. The van der Waals surface area contributed by atoms with Gasteiger partial charge in [0.25, 0.3) is 0 Å². The number of carbonyl (C=O) groups excluding carboxylic acids is 1. The lowest BCUT2D eigenvalue weighted by Gasteiger charge is -2.18. The molecule has 0 saturated carbocycles. The summed E-state index contributed by atoms with van der Waals surface area (Å²) in [6, 6.07) is 17.4. The maximum absolute atomic E-state index is 12.3. The first kappa shape index (κ1) is 15.2. The number of carbonyl (C=O) groups is 1. The molecule has 1 heterocycles. The lowest BCUT2D eigenvalue weighted by molar-refractivity contribution is -0.144. The number of benzene rings is 2. The molecule has 0 bridgehead atoms. The van der Waals surface area contributed by atoms with Crippen LogP contribution in [-0.4, -0.2) is 23.6 Å². The van der Waals surface area contributed by atoms with E-state index in [0.29, 0.717) is 13.0 Å². The Morgan fingerprint density at radius 3 is 2.65 bits per heavy atom. The number of anilines is 1. The Morgan fingerprint density at radius 1 is 1.13 bits per heavy atom. The molecule has 3 rings (SSSR count). The average Bonchev–Trinajstić information content (AvgIpc) is 2.99. The number of hydrogen-bond acceptors (Lipinski definition) is 3. The van der Waals surface area contributed by atoms with Crippen LogP contribution < -0.4 is 5.32 Å². The number of esters is 1. The van der Waals surface area contributed by atoms with Gasteiger partial charge in [0.2, 0.25) is 0 Å². The number of ether oxygens (including phenoxy) is 1. The molecule has 0 saturated heterocycles. The van der Waals surface area contributed by atoms with Gasteiger partial charge in [-0.2, -0.15) is 0 Å². The first-order chi connectivity index (χ1) is 11.3. The van der Waals surface area contributed by atoms with Crippen LogP contribution in [0.15, 0.2) is 60.8 Å². The fraction of sp³-hybridized carbons (Fsp3) is 0.211. The predicted octanol–water partition coefficient (Wildman–Crippen LogP) is 3.75. The van der Waals surface area contributed by atoms with Crippen LogP contribution in [0.3, 0.4) is 0 Å². The summed E-state index contributed by atoms with van der Waals surface area (Å²) < 4.78 is 5.23. The molecule has 0 unspecified atom stereocenters. The smallest absolute Gasteiger partial charge is 0.328 e. The van der Waals surface area contributed by atoms with Gasteiger partial charge in [-0.3, -0.25) is 0 Å². The number of aromatic amines is 1. The highest BCUT2D eigenvalue weighted by Crippen LogP contribution is 2.20. The Morgan fingerprint density at radius 2 is 1.87 bits per heavy atom. The molecule has 1 aromatic heterocycles. The van der Waals surface area contributed by atoms with Crippen LogP contribution in [0.5, 0.6) is 0 Å². The summed E-state index contributed by atoms with van der Waals surface area (Å²) in [6.45, 7) is 2.20. The van der Waals surface area contributed by atoms with Gasteiger partial charge < -0.3 is 15.0 Å². The van der Waals surface area contributed by atoms with E-state index < -0.39 is 6.04 Å². The van der Waals surface area contributed by atoms with Gasteiger partial charge >= 0.3 is 5.97 Å². The van der Waals surface area contributed by atoms with Gasteiger partial charge in [-0.25, -0.2) is 4.79 Å². The van der Waals surface area contributed by atoms with E-state index in [0.717, 1.165) is 22.2 Å². The van der Waals surface area contributed by atoms with Gasteiger partial charge in [-0.15, -0.1) is 0 Å². The highest BCUT2D eigenvalue weighted by molar-refractivity contribution is 5.85. The second-order valence-electron chi connectivity index (χ2n) is 5.38. The molecular weight excluding hydrogens is 288 g/mol. The topological polar surface area (TPSA) is 54.1 Å². The van der Waals surface area contributed by atoms with Crippen LogP contribution in [0, 0.1) is 0 Å². The first-order valence-corrected chi connectivity index (χ1v) is 7.81. The fourth-order valence-electron chi connectivity index (χ4n) is 2.69. The number of rotatable bonds is 6. The molecule has 0 radical (unpaired) electrons. The van der Waals surface area contributed by atoms with Crippen LogP contribution in [-0.2, 0) is 16.0 Å². The predicted molar refractivity (Wildman–Crippen MR) is 92.5 cm³/mol. The number of H-pyrrole nitrogens is 1. The van der Waals surface area contributed by atoms with E-state index in [-0.39, 0.29) is 5.97 Å². The normalized spacial score (nSPS) is 12.0. The molecule has 0 aliphatic carbocycles. The van der Waals surface area contributed by atoms with Crippen molar-refractivity contribution in [2.45, 2.75) is 19.4 Å². The van der Waals surface area contributed by atoms with Crippen molar-refractivity contribution in [3.8, 4) is 0 Å². The third kappa shape index (κ3) is 3.54. The molecule has 118 valence electrons. The van der Waals surface area contributed by atoms with Gasteiger partial charge in [0.1, 0.15) is 6.04 Å². The molecule has 0 fully saturated rings. The van der Waals surface area contributed by atoms with Crippen molar-refractivity contribution in [2.24, 2.45) is 0 Å². The first-order valence-electron chi connectivity index (χ1n) is 7.81. The summed E-state index contributed by atoms with van der Waals surface area (Å²) in [7, 11) is 0. The molecule has 3 aromatic rings. The van der Waals surface area contributed by atoms with E-state index in [9.17, 15) is 4.79 Å². The maximum atomic E-state index is 12.3. The summed E-state index contributed by atoms with van der Waals surface area (Å²) in [4.78, 5) is 15.6. The third-order valence-electron chi connectivity index (χ3n) is 3.78. The zero-order valence-corrected chi connectivity index (χ0v) is 13.1. The van der Waals surface area contributed by atoms with Crippen molar-refractivity contribution in [1.29, 1.82) is 0 Å². The number of nitrogens with one attached hydrogen (secondary N) is 2. The van der Waals surface area contributed by atoms with Gasteiger partial charge in [0, 0.05) is 29.2 Å². The zero-order valence-electron chi connectivity index (χ0n) is 13.1. The molecule has 2 N–H and O–H groups in total. The van der Waals surface area contributed by atoms with Crippen molar-refractivity contribution in [3.05, 3.63) is 66.4 Å². The summed E-state index contributed by atoms with van der Waals surface area (Å²) >= 11 is 0. The highest BCUT2D eigenvalue weighted by Gasteiger charge is 2.21. The molecule has 1 atom stereocenters. The number of para-hydroxylation sites is 2. The minimum absolute atomic E-state index is 0.235. The van der Waals surface area contributed by atoms with Crippen LogP contribution in [0.25, 0.3) is 10.9 Å². The van der Waals surface area contributed by atoms with Crippen molar-refractivity contribution in [1.82, 2.24) is 4.98 Å². The lowest BCUT2D eigenvalue weighted by Crippen LogP contribution is -2.33. The second-order valence-corrected chi connectivity index (χ2v) is 5.38. The minimum atomic E-state index is -0.420. The van der Waals surface area contributed by atoms with Gasteiger partial charge in [-0.05, 0) is 30.7 Å². The Hall–Kier alpha value is -2.75. The van der Waals surface area contributed by atoms with Gasteiger partial charge in [-0.1, -0.05) is 36.4 Å². The lowest BCUT2D eigenvalue weighted by atomic mass is 10.0. The fourth-order valence-corrected chi connectivity index (χ4v) is 2.69. The van der Waals surface area contributed by atoms with E-state index in [1.54, 1.807) is 0 Å². The van der Waals surface area contributed by atoms with Crippen molar-refractivity contribution in [3.63, 3.8) is 0 Å². The second kappa shape index (κ2) is 7.01. The van der Waals surface area contributed by atoms with E-state index >= 15 is 0 Å². The van der Waals surface area contributed by atoms with Crippen LogP contribution in [0.4, 0.5) is 5.69 Å². The standard InChI is InChI=1S/C19H20N2O2/c1-2-23-19(22)18(21-15-8-4-3-5-9-15)12-14-13-20-17-11-7-6-10-16(14)17/h3-11,13,18,20-21H,2,12H2,1H3/t18-/m0/s1. The average molecular weight is 308 g/mol. The molecule has 0 aliphatic rings. The Bertz CT molecular complexity index is 780. The number of hydrogen-bond donors (Lipinski definition) is 2. The summed E-state index contributed by atoms with van der Waals surface area (Å²) in [5, 5.41) is 4.41. The zero-order chi connectivity index (χ0) is 16.1. The maximum Gasteiger partial charge on any atom is 0.328 e. The van der Waals surface area contributed by atoms with E-state index in [1.165, 1.54) is 0 Å². The molecule has 4 nitrogen and oxygen atoms in total. The minimum Gasteiger partial charge on any atom is -0.464 e. The Balaban J connectivity index is 1.84. The monoisotopic (exact) mass is 308 g/mol. The van der Waals surface area contributed by atoms with E-state index in [4.69, 9.17) is 4.74 Å². The van der Waals surface area contributed by atoms with E-state index in [1.807, 2.05) is 61.7 Å². The summed E-state index contributed by atoms with van der Waals surface area (Å²) in [5.41, 5.74) is 3.08. The van der Waals surface area contributed by atoms with Gasteiger partial charge in [0.15, 0.2) is 0 Å². The van der Waals surface area contributed by atoms with Crippen molar-refractivity contribution >= 4 is 22.6 Å². The van der Waals surface area contributed by atoms with Crippen LogP contribution in [0.1, 0.15) is 12.5 Å².